The number of alkyl halides is 3. The summed E-state index contributed by atoms with van der Waals surface area (Å²) < 4.78 is 27.9. The van der Waals surface area contributed by atoms with Crippen molar-refractivity contribution in [1.82, 2.24) is 14.5 Å². The zero-order valence-electron chi connectivity index (χ0n) is 11.0. The second kappa shape index (κ2) is 5.29. The lowest BCUT2D eigenvalue weighted by molar-refractivity contribution is 0.0929. The van der Waals surface area contributed by atoms with Gasteiger partial charge in [0, 0.05) is 17.6 Å². The predicted octanol–water partition coefficient (Wildman–Crippen LogP) is 3.38. The molecule has 0 aliphatic heterocycles. The Labute approximate surface area is 123 Å². The fraction of sp³-hybridized carbons (Fsp3) is 0.417. The molecule has 2 aromatic rings. The molecule has 4 nitrogen and oxygen atoms in total. The lowest BCUT2D eigenvalue weighted by Crippen LogP contribution is -2.30. The molecule has 0 radical (unpaired) electrons. The molecule has 20 heavy (non-hydrogen) atoms. The minimum Gasteiger partial charge on any atom is -0.290 e. The maximum Gasteiger partial charge on any atom is 0.353 e. The van der Waals surface area contributed by atoms with Gasteiger partial charge < -0.3 is 0 Å². The van der Waals surface area contributed by atoms with Crippen LogP contribution in [0, 0.1) is 0 Å². The predicted molar refractivity (Wildman–Crippen MR) is 75.7 cm³/mol. The van der Waals surface area contributed by atoms with Crippen LogP contribution in [0.1, 0.15) is 25.5 Å². The average molecular weight is 320 g/mol. The number of rotatable bonds is 3. The third-order valence-corrected chi connectivity index (χ3v) is 3.52. The molecule has 0 saturated carbocycles. The van der Waals surface area contributed by atoms with Gasteiger partial charge in [-0.15, -0.1) is 0 Å². The molecule has 0 atom stereocenters. The summed E-state index contributed by atoms with van der Waals surface area (Å²) in [6.07, 6.45) is 3.21. The van der Waals surface area contributed by atoms with Gasteiger partial charge in [0.2, 0.25) is 0 Å². The van der Waals surface area contributed by atoms with Crippen molar-refractivity contribution in [3.63, 3.8) is 0 Å². The Bertz CT molecular complexity index is 712. The van der Waals surface area contributed by atoms with Crippen molar-refractivity contribution >= 4 is 34.4 Å². The third-order valence-electron chi connectivity index (χ3n) is 2.76. The summed E-state index contributed by atoms with van der Waals surface area (Å²) in [4.78, 5) is 20.5. The summed E-state index contributed by atoms with van der Waals surface area (Å²) in [7, 11) is 0. The molecular formula is C12H12ClF2N3OS. The van der Waals surface area contributed by atoms with Crippen molar-refractivity contribution in [3.8, 4) is 0 Å². The minimum absolute atomic E-state index is 0.325. The normalized spacial score (nSPS) is 12.3. The molecule has 8 heteroatoms. The molecular weight excluding hydrogens is 308 g/mol. The Morgan fingerprint density at radius 1 is 1.45 bits per heavy atom. The molecule has 2 rings (SSSR count). The smallest absolute Gasteiger partial charge is 0.290 e. The van der Waals surface area contributed by atoms with Gasteiger partial charge in [0.25, 0.3) is 5.56 Å². The van der Waals surface area contributed by atoms with Crippen molar-refractivity contribution in [1.29, 1.82) is 0 Å². The molecule has 2 heterocycles. The Kier molecular flexibility index (Phi) is 4.02. The summed E-state index contributed by atoms with van der Waals surface area (Å²) in [5, 5.41) is -2.90. The van der Waals surface area contributed by atoms with Crippen molar-refractivity contribution in [3.05, 3.63) is 28.2 Å². The molecule has 0 spiro atoms. The van der Waals surface area contributed by atoms with Gasteiger partial charge in [0.05, 0.1) is 0 Å². The van der Waals surface area contributed by atoms with Crippen LogP contribution in [-0.2, 0) is 5.38 Å². The Balaban J connectivity index is 2.91. The van der Waals surface area contributed by atoms with Crippen LogP contribution < -0.4 is 5.56 Å². The summed E-state index contributed by atoms with van der Waals surface area (Å²) in [5.74, 6) is 0. The van der Waals surface area contributed by atoms with Crippen LogP contribution in [0.3, 0.4) is 0 Å². The van der Waals surface area contributed by atoms with Crippen molar-refractivity contribution in [2.75, 3.05) is 6.26 Å². The standard InChI is InChI=1S/C12H12ClF2N3OS/c1-6(2)18-9-7(5-16-11(17-9)20-3)4-8(10(18)19)12(13,14)15/h4-6H,1-3H3. The number of hydrogen-bond acceptors (Lipinski definition) is 4. The van der Waals surface area contributed by atoms with E-state index in [9.17, 15) is 13.6 Å². The van der Waals surface area contributed by atoms with Crippen LogP contribution in [0.4, 0.5) is 8.78 Å². The molecule has 0 fully saturated rings. The molecule has 0 aliphatic rings. The first-order valence-corrected chi connectivity index (χ1v) is 7.39. The first kappa shape index (κ1) is 15.2. The fourth-order valence-electron chi connectivity index (χ4n) is 1.88. The number of aromatic nitrogens is 3. The molecule has 0 N–H and O–H groups in total. The van der Waals surface area contributed by atoms with Crippen LogP contribution >= 0.6 is 23.4 Å². The number of thioether (sulfide) groups is 1. The lowest BCUT2D eigenvalue weighted by atomic mass is 10.2. The zero-order chi connectivity index (χ0) is 15.1. The summed E-state index contributed by atoms with van der Waals surface area (Å²) >= 11 is 6.32. The number of halogens is 3. The Morgan fingerprint density at radius 2 is 2.10 bits per heavy atom. The van der Waals surface area contributed by atoms with E-state index in [2.05, 4.69) is 9.97 Å². The maximum atomic E-state index is 13.3. The van der Waals surface area contributed by atoms with Crippen molar-refractivity contribution < 1.29 is 8.78 Å². The zero-order valence-corrected chi connectivity index (χ0v) is 12.6. The molecule has 0 saturated heterocycles. The van der Waals surface area contributed by atoms with Gasteiger partial charge in [0.15, 0.2) is 5.16 Å². The summed E-state index contributed by atoms with van der Waals surface area (Å²) in [5.41, 5.74) is -1.27. The highest BCUT2D eigenvalue weighted by atomic mass is 35.5. The van der Waals surface area contributed by atoms with Crippen LogP contribution in [0.5, 0.6) is 0 Å². The second-order valence-corrected chi connectivity index (χ2v) is 5.71. The number of hydrogen-bond donors (Lipinski definition) is 0. The Morgan fingerprint density at radius 3 is 2.60 bits per heavy atom. The van der Waals surface area contributed by atoms with E-state index in [0.717, 1.165) is 6.07 Å². The number of nitrogens with zero attached hydrogens (tertiary/aromatic N) is 3. The van der Waals surface area contributed by atoms with Crippen LogP contribution in [0.15, 0.2) is 22.2 Å². The van der Waals surface area contributed by atoms with Gasteiger partial charge in [-0.25, -0.2) is 9.97 Å². The third kappa shape index (κ3) is 2.64. The van der Waals surface area contributed by atoms with E-state index < -0.39 is 16.5 Å². The molecule has 0 aromatic carbocycles. The van der Waals surface area contributed by atoms with E-state index in [1.165, 1.54) is 22.5 Å². The minimum atomic E-state index is -3.72. The Hall–Kier alpha value is -1.21. The van der Waals surface area contributed by atoms with Crippen molar-refractivity contribution in [2.24, 2.45) is 0 Å². The van der Waals surface area contributed by atoms with Gasteiger partial charge in [0.1, 0.15) is 11.2 Å². The second-order valence-electron chi connectivity index (χ2n) is 4.46. The van der Waals surface area contributed by atoms with Gasteiger partial charge in [-0.1, -0.05) is 11.8 Å². The molecule has 0 amide bonds. The highest BCUT2D eigenvalue weighted by molar-refractivity contribution is 7.98. The van der Waals surface area contributed by atoms with Crippen LogP contribution in [0.25, 0.3) is 11.0 Å². The van der Waals surface area contributed by atoms with Crippen LogP contribution in [-0.4, -0.2) is 20.8 Å². The van der Waals surface area contributed by atoms with Gasteiger partial charge in [-0.05, 0) is 37.8 Å². The topological polar surface area (TPSA) is 47.8 Å². The van der Waals surface area contributed by atoms with Crippen molar-refractivity contribution in [2.45, 2.75) is 30.4 Å². The average Bonchev–Trinajstić information content (AvgIpc) is 2.35. The molecule has 0 aliphatic carbocycles. The van der Waals surface area contributed by atoms with E-state index in [1.54, 1.807) is 20.1 Å². The molecule has 2 aromatic heterocycles. The van der Waals surface area contributed by atoms with Gasteiger partial charge >= 0.3 is 5.38 Å². The highest BCUT2D eigenvalue weighted by Crippen LogP contribution is 2.32. The van der Waals surface area contributed by atoms with Gasteiger partial charge in [-0.2, -0.15) is 8.78 Å². The first-order chi connectivity index (χ1) is 9.25. The molecule has 108 valence electrons. The first-order valence-electron chi connectivity index (χ1n) is 5.79. The quantitative estimate of drug-likeness (QED) is 0.494. The summed E-state index contributed by atoms with van der Waals surface area (Å²) in [6, 6.07) is 0.724. The van der Waals surface area contributed by atoms with E-state index >= 15 is 0 Å². The number of pyridine rings is 1. The summed E-state index contributed by atoms with van der Waals surface area (Å²) in [6.45, 7) is 3.44. The molecule has 0 unspecified atom stereocenters. The highest BCUT2D eigenvalue weighted by Gasteiger charge is 2.33. The fourth-order valence-corrected chi connectivity index (χ4v) is 2.36. The van der Waals surface area contributed by atoms with Gasteiger partial charge in [-0.3, -0.25) is 9.36 Å². The number of fused-ring (bicyclic) bond motifs is 1. The van der Waals surface area contributed by atoms with E-state index in [0.29, 0.717) is 16.2 Å². The van der Waals surface area contributed by atoms with E-state index in [-0.39, 0.29) is 6.04 Å². The van der Waals surface area contributed by atoms with Crippen LogP contribution in [0.2, 0.25) is 0 Å². The van der Waals surface area contributed by atoms with E-state index in [1.807, 2.05) is 0 Å². The lowest BCUT2D eigenvalue weighted by Gasteiger charge is -2.17. The van der Waals surface area contributed by atoms with E-state index in [4.69, 9.17) is 11.6 Å². The largest absolute Gasteiger partial charge is 0.353 e. The maximum absolute atomic E-state index is 13.3. The monoisotopic (exact) mass is 319 g/mol. The molecule has 0 bridgehead atoms. The SMILES string of the molecule is CSc1ncc2cc(C(F)(F)Cl)c(=O)n(C(C)C)c2n1.